The van der Waals surface area contributed by atoms with E-state index in [1.165, 1.54) is 36.5 Å². The van der Waals surface area contributed by atoms with Crippen LogP contribution in [0.2, 0.25) is 0 Å². The number of benzene rings is 2. The molecule has 2 aromatic heterocycles. The van der Waals surface area contributed by atoms with Crippen molar-refractivity contribution in [2.75, 3.05) is 0 Å². The second-order valence-corrected chi connectivity index (χ2v) is 5.63. The van der Waals surface area contributed by atoms with Gasteiger partial charge in [-0.3, -0.25) is 4.98 Å². The van der Waals surface area contributed by atoms with Gasteiger partial charge in [0.05, 0.1) is 0 Å². The number of aryl methyl sites for hydroxylation is 1. The van der Waals surface area contributed by atoms with Gasteiger partial charge < -0.3 is 0 Å². The van der Waals surface area contributed by atoms with Crippen molar-refractivity contribution >= 4 is 42.3 Å². The Labute approximate surface area is 109 Å². The molecule has 0 aliphatic heterocycles. The minimum absolute atomic E-state index is 1.26. The van der Waals surface area contributed by atoms with Gasteiger partial charge >= 0.3 is 0 Å². The van der Waals surface area contributed by atoms with Crippen LogP contribution in [0, 0.1) is 6.92 Å². The van der Waals surface area contributed by atoms with Gasteiger partial charge in [-0.05, 0) is 36.1 Å². The minimum Gasteiger partial charge on any atom is -0.264 e. The van der Waals surface area contributed by atoms with E-state index in [0.29, 0.717) is 0 Å². The van der Waals surface area contributed by atoms with Crippen molar-refractivity contribution in [3.8, 4) is 0 Å². The van der Waals surface area contributed by atoms with Crippen LogP contribution in [0.15, 0.2) is 48.8 Å². The maximum atomic E-state index is 4.24. The van der Waals surface area contributed by atoms with E-state index in [0.717, 1.165) is 0 Å². The highest BCUT2D eigenvalue weighted by molar-refractivity contribution is 7.26. The van der Waals surface area contributed by atoms with Crippen molar-refractivity contribution in [1.82, 2.24) is 4.98 Å². The maximum Gasteiger partial charge on any atom is 0.0391 e. The van der Waals surface area contributed by atoms with E-state index in [-0.39, 0.29) is 0 Å². The van der Waals surface area contributed by atoms with Crippen LogP contribution in [0.3, 0.4) is 0 Å². The largest absolute Gasteiger partial charge is 0.264 e. The molecular formula is C16H11NS. The molecule has 0 fully saturated rings. The molecule has 86 valence electrons. The number of hydrogen-bond donors (Lipinski definition) is 0. The average Bonchev–Trinajstić information content (AvgIpc) is 2.79. The van der Waals surface area contributed by atoms with Gasteiger partial charge in [-0.1, -0.05) is 18.2 Å². The molecule has 0 atom stereocenters. The van der Waals surface area contributed by atoms with E-state index in [2.05, 4.69) is 48.3 Å². The van der Waals surface area contributed by atoms with Crippen molar-refractivity contribution in [3.05, 3.63) is 54.4 Å². The highest BCUT2D eigenvalue weighted by Crippen LogP contribution is 2.38. The van der Waals surface area contributed by atoms with Gasteiger partial charge in [0.25, 0.3) is 0 Å². The third-order valence-electron chi connectivity index (χ3n) is 3.53. The van der Waals surface area contributed by atoms with E-state index in [1.807, 2.05) is 23.7 Å². The second kappa shape index (κ2) is 3.53. The average molecular weight is 249 g/mol. The van der Waals surface area contributed by atoms with Crippen LogP contribution in [0.4, 0.5) is 0 Å². The van der Waals surface area contributed by atoms with Crippen LogP contribution in [-0.2, 0) is 0 Å². The Balaban J connectivity index is 2.33. The van der Waals surface area contributed by atoms with E-state index in [1.54, 1.807) is 0 Å². The number of pyridine rings is 1. The highest BCUT2D eigenvalue weighted by atomic mass is 32.1. The molecule has 0 radical (unpaired) electrons. The van der Waals surface area contributed by atoms with Crippen molar-refractivity contribution in [1.29, 1.82) is 0 Å². The molecule has 0 bridgehead atoms. The van der Waals surface area contributed by atoms with Crippen molar-refractivity contribution in [3.63, 3.8) is 0 Å². The standard InChI is InChI=1S/C16H11NS/c1-10-14-9-17-7-6-11(14)8-13-12-4-2-3-5-15(12)18-16(10)13/h2-9H,1H3. The Morgan fingerprint density at radius 3 is 2.83 bits per heavy atom. The van der Waals surface area contributed by atoms with Gasteiger partial charge in [0.2, 0.25) is 0 Å². The minimum atomic E-state index is 1.26. The zero-order chi connectivity index (χ0) is 12.1. The third kappa shape index (κ3) is 1.24. The van der Waals surface area contributed by atoms with Crippen molar-refractivity contribution in [2.45, 2.75) is 6.92 Å². The summed E-state index contributed by atoms with van der Waals surface area (Å²) in [7, 11) is 0. The molecule has 0 aliphatic carbocycles. The molecule has 4 rings (SSSR count). The predicted octanol–water partition coefficient (Wildman–Crippen LogP) is 4.91. The molecule has 0 amide bonds. The first-order chi connectivity index (χ1) is 8.84. The summed E-state index contributed by atoms with van der Waals surface area (Å²) in [5, 5.41) is 5.27. The number of fused-ring (bicyclic) bond motifs is 4. The number of aromatic nitrogens is 1. The smallest absolute Gasteiger partial charge is 0.0391 e. The summed E-state index contributed by atoms with van der Waals surface area (Å²) in [4.78, 5) is 4.24. The molecule has 0 unspecified atom stereocenters. The molecule has 0 spiro atoms. The predicted molar refractivity (Wildman–Crippen MR) is 79.4 cm³/mol. The molecule has 0 saturated heterocycles. The van der Waals surface area contributed by atoms with Crippen LogP contribution >= 0.6 is 11.3 Å². The normalized spacial score (nSPS) is 11.6. The third-order valence-corrected chi connectivity index (χ3v) is 4.84. The molecule has 18 heavy (non-hydrogen) atoms. The summed E-state index contributed by atoms with van der Waals surface area (Å²) in [5.41, 5.74) is 1.34. The van der Waals surface area contributed by atoms with Gasteiger partial charge in [-0.25, -0.2) is 0 Å². The number of nitrogens with zero attached hydrogens (tertiary/aromatic N) is 1. The van der Waals surface area contributed by atoms with Crippen LogP contribution < -0.4 is 0 Å². The quantitative estimate of drug-likeness (QED) is 0.431. The van der Waals surface area contributed by atoms with Crippen LogP contribution in [0.1, 0.15) is 5.56 Å². The van der Waals surface area contributed by atoms with E-state index in [9.17, 15) is 0 Å². The fraction of sp³-hybridized carbons (Fsp3) is 0.0625. The van der Waals surface area contributed by atoms with Gasteiger partial charge in [0.15, 0.2) is 0 Å². The Kier molecular flexibility index (Phi) is 1.97. The lowest BCUT2D eigenvalue weighted by atomic mass is 10.0. The molecule has 0 saturated carbocycles. The van der Waals surface area contributed by atoms with E-state index < -0.39 is 0 Å². The Bertz CT molecular complexity index is 889. The zero-order valence-electron chi connectivity index (χ0n) is 9.97. The summed E-state index contributed by atoms with van der Waals surface area (Å²) in [5.74, 6) is 0. The Morgan fingerprint density at radius 1 is 1.00 bits per heavy atom. The van der Waals surface area contributed by atoms with Gasteiger partial charge in [-0.15, -0.1) is 11.3 Å². The fourth-order valence-electron chi connectivity index (χ4n) is 2.61. The molecular weight excluding hydrogens is 238 g/mol. The monoisotopic (exact) mass is 249 g/mol. The molecule has 4 aromatic rings. The Hall–Kier alpha value is -1.93. The first-order valence-electron chi connectivity index (χ1n) is 5.99. The van der Waals surface area contributed by atoms with Gasteiger partial charge in [-0.2, -0.15) is 0 Å². The van der Waals surface area contributed by atoms with E-state index >= 15 is 0 Å². The molecule has 2 heterocycles. The lowest BCUT2D eigenvalue weighted by molar-refractivity contribution is 1.36. The summed E-state index contributed by atoms with van der Waals surface area (Å²) >= 11 is 1.88. The Morgan fingerprint density at radius 2 is 1.89 bits per heavy atom. The topological polar surface area (TPSA) is 12.9 Å². The number of thiophene rings is 1. The highest BCUT2D eigenvalue weighted by Gasteiger charge is 2.09. The van der Waals surface area contributed by atoms with Crippen LogP contribution in [0.25, 0.3) is 30.9 Å². The van der Waals surface area contributed by atoms with Crippen molar-refractivity contribution < 1.29 is 0 Å². The molecule has 2 heteroatoms. The molecule has 2 aromatic carbocycles. The van der Waals surface area contributed by atoms with Crippen molar-refractivity contribution in [2.24, 2.45) is 0 Å². The number of rotatable bonds is 0. The fourth-order valence-corrected chi connectivity index (χ4v) is 3.81. The lowest BCUT2D eigenvalue weighted by Crippen LogP contribution is -1.80. The summed E-state index contributed by atoms with van der Waals surface area (Å²) in [6.07, 6.45) is 3.83. The second-order valence-electron chi connectivity index (χ2n) is 4.57. The lowest BCUT2D eigenvalue weighted by Gasteiger charge is -2.03. The van der Waals surface area contributed by atoms with Gasteiger partial charge in [0, 0.05) is 38.0 Å². The van der Waals surface area contributed by atoms with Gasteiger partial charge in [0.1, 0.15) is 0 Å². The molecule has 1 nitrogen and oxygen atoms in total. The van der Waals surface area contributed by atoms with E-state index in [4.69, 9.17) is 0 Å². The first-order valence-corrected chi connectivity index (χ1v) is 6.81. The zero-order valence-corrected chi connectivity index (χ0v) is 10.8. The molecule has 0 aliphatic rings. The summed E-state index contributed by atoms with van der Waals surface area (Å²) < 4.78 is 2.75. The SMILES string of the molecule is Cc1c2cnccc2cc2c1sc1ccccc12. The van der Waals surface area contributed by atoms with Crippen LogP contribution in [-0.4, -0.2) is 4.98 Å². The maximum absolute atomic E-state index is 4.24. The van der Waals surface area contributed by atoms with Crippen LogP contribution in [0.5, 0.6) is 0 Å². The summed E-state index contributed by atoms with van der Waals surface area (Å²) in [6, 6.07) is 13.0. The first kappa shape index (κ1) is 10.0. The molecule has 0 N–H and O–H groups in total. The number of hydrogen-bond acceptors (Lipinski definition) is 2. The summed E-state index contributed by atoms with van der Waals surface area (Å²) in [6.45, 7) is 2.20.